The topological polar surface area (TPSA) is 114 Å². The molecule has 8 nitrogen and oxygen atoms in total. The number of halogens is 2. The Morgan fingerprint density at radius 2 is 2.06 bits per heavy atom. The van der Waals surface area contributed by atoms with E-state index in [2.05, 4.69) is 15.3 Å². The summed E-state index contributed by atoms with van der Waals surface area (Å²) in [6.07, 6.45) is 0.293. The van der Waals surface area contributed by atoms with E-state index in [1.807, 2.05) is 0 Å². The number of ether oxygens (including phenoxy) is 1. The van der Waals surface area contributed by atoms with E-state index in [1.54, 1.807) is 18.7 Å². The average molecular weight is 462 g/mol. The van der Waals surface area contributed by atoms with Crippen molar-refractivity contribution >= 4 is 23.1 Å². The predicted octanol–water partition coefficient (Wildman–Crippen LogP) is 1.81. The smallest absolute Gasteiger partial charge is 0.258 e. The Labute approximate surface area is 190 Å². The van der Waals surface area contributed by atoms with Crippen LogP contribution < -0.4 is 15.8 Å². The Kier molecular flexibility index (Phi) is 6.32. The van der Waals surface area contributed by atoms with Gasteiger partial charge in [0, 0.05) is 36.3 Å². The lowest BCUT2D eigenvalue weighted by molar-refractivity contribution is 0.0791. The van der Waals surface area contributed by atoms with Gasteiger partial charge in [0.25, 0.3) is 5.91 Å². The first-order valence-electron chi connectivity index (χ1n) is 10.3. The summed E-state index contributed by atoms with van der Waals surface area (Å²) in [6.45, 7) is 4.49. The molecule has 0 bridgehead atoms. The third-order valence-electron chi connectivity index (χ3n) is 5.71. The lowest BCUT2D eigenvalue weighted by Gasteiger charge is -2.20. The van der Waals surface area contributed by atoms with Gasteiger partial charge in [0.15, 0.2) is 5.82 Å². The summed E-state index contributed by atoms with van der Waals surface area (Å²) < 4.78 is 19.9. The lowest BCUT2D eigenvalue weighted by Crippen LogP contribution is -2.31. The first kappa shape index (κ1) is 22.4. The van der Waals surface area contributed by atoms with Gasteiger partial charge in [-0.25, -0.2) is 14.4 Å². The molecule has 0 spiro atoms. The van der Waals surface area contributed by atoms with Crippen molar-refractivity contribution in [1.82, 2.24) is 20.2 Å². The van der Waals surface area contributed by atoms with Gasteiger partial charge in [0.2, 0.25) is 0 Å². The van der Waals surface area contributed by atoms with Crippen LogP contribution in [0.3, 0.4) is 0 Å². The molecule has 1 amide bonds. The van der Waals surface area contributed by atoms with Crippen LogP contribution in [-0.4, -0.2) is 64.3 Å². The number of carbonyl (C=O) groups excluding carboxylic acids is 1. The van der Waals surface area contributed by atoms with E-state index < -0.39 is 5.82 Å². The standard InChI is InChI=1S/C22H25ClFN5O3/c1-11-20(23)12(2)28-21(27-11)17-8-29(9-18(17)25)22(31)16-4-3-13(24)5-19(16)32-15-6-14(10-30)26-7-15/h3-5,14-15,26,30H,6-10,25H2,1-2H3/t14-,15-/m0/s1. The number of nitrogens with two attached hydrogens (primary N) is 1. The van der Waals surface area contributed by atoms with Crippen LogP contribution in [0.15, 0.2) is 23.9 Å². The molecule has 0 aliphatic carbocycles. The Balaban J connectivity index is 1.54. The second kappa shape index (κ2) is 9.01. The van der Waals surface area contributed by atoms with Crippen molar-refractivity contribution in [2.24, 2.45) is 5.73 Å². The van der Waals surface area contributed by atoms with Gasteiger partial charge in [-0.05, 0) is 26.0 Å². The molecule has 0 unspecified atom stereocenters. The molecule has 1 saturated heterocycles. The number of aliphatic hydroxyl groups is 1. The summed E-state index contributed by atoms with van der Waals surface area (Å²) in [6, 6.07) is 3.78. The van der Waals surface area contributed by atoms with E-state index in [9.17, 15) is 14.3 Å². The summed E-state index contributed by atoms with van der Waals surface area (Å²) in [5.74, 6) is -0.215. The number of rotatable bonds is 5. The van der Waals surface area contributed by atoms with E-state index >= 15 is 0 Å². The highest BCUT2D eigenvalue weighted by atomic mass is 35.5. The number of amides is 1. The van der Waals surface area contributed by atoms with E-state index in [0.717, 1.165) is 0 Å². The minimum atomic E-state index is -0.499. The van der Waals surface area contributed by atoms with Crippen LogP contribution in [0.25, 0.3) is 5.57 Å². The van der Waals surface area contributed by atoms with Gasteiger partial charge in [0.05, 0.1) is 41.7 Å². The zero-order valence-electron chi connectivity index (χ0n) is 17.9. The Morgan fingerprint density at radius 1 is 1.34 bits per heavy atom. The number of aromatic nitrogens is 2. The number of nitrogens with one attached hydrogen (secondary N) is 1. The minimum Gasteiger partial charge on any atom is -0.488 e. The highest BCUT2D eigenvalue weighted by molar-refractivity contribution is 6.31. The van der Waals surface area contributed by atoms with E-state index in [1.165, 1.54) is 18.2 Å². The van der Waals surface area contributed by atoms with Gasteiger partial charge in [-0.3, -0.25) is 4.79 Å². The number of hydrogen-bond donors (Lipinski definition) is 3. The van der Waals surface area contributed by atoms with Crippen molar-refractivity contribution in [3.05, 3.63) is 57.5 Å². The summed E-state index contributed by atoms with van der Waals surface area (Å²) in [7, 11) is 0. The maximum absolute atomic E-state index is 13.9. The molecule has 2 atom stereocenters. The number of aryl methyl sites for hydroxylation is 2. The third kappa shape index (κ3) is 4.41. The van der Waals surface area contributed by atoms with Gasteiger partial charge < -0.3 is 25.8 Å². The predicted molar refractivity (Wildman–Crippen MR) is 118 cm³/mol. The molecule has 2 aromatic rings. The maximum Gasteiger partial charge on any atom is 0.258 e. The summed E-state index contributed by atoms with van der Waals surface area (Å²) in [5, 5.41) is 12.9. The summed E-state index contributed by atoms with van der Waals surface area (Å²) in [4.78, 5) is 23.7. The molecule has 4 N–H and O–H groups in total. The molecular formula is C22H25ClFN5O3. The maximum atomic E-state index is 13.9. The van der Waals surface area contributed by atoms with Crippen LogP contribution in [-0.2, 0) is 0 Å². The van der Waals surface area contributed by atoms with E-state index in [0.29, 0.717) is 46.5 Å². The van der Waals surface area contributed by atoms with Crippen LogP contribution in [0.4, 0.5) is 4.39 Å². The Morgan fingerprint density at radius 3 is 2.72 bits per heavy atom. The number of benzene rings is 1. The molecule has 10 heteroatoms. The van der Waals surface area contributed by atoms with E-state index in [4.69, 9.17) is 22.1 Å². The summed E-state index contributed by atoms with van der Waals surface area (Å²) in [5.41, 5.74) is 8.91. The molecule has 170 valence electrons. The van der Waals surface area contributed by atoms with E-state index in [-0.39, 0.29) is 49.1 Å². The molecule has 2 aliphatic rings. The number of hydrogen-bond acceptors (Lipinski definition) is 7. The van der Waals surface area contributed by atoms with Crippen molar-refractivity contribution < 1.29 is 19.0 Å². The zero-order valence-corrected chi connectivity index (χ0v) is 18.6. The van der Waals surface area contributed by atoms with Crippen molar-refractivity contribution in [3.63, 3.8) is 0 Å². The number of aliphatic hydroxyl groups excluding tert-OH is 1. The van der Waals surface area contributed by atoms with Crippen LogP contribution >= 0.6 is 11.6 Å². The monoisotopic (exact) mass is 461 g/mol. The highest BCUT2D eigenvalue weighted by Gasteiger charge is 2.31. The molecule has 4 rings (SSSR count). The fourth-order valence-electron chi connectivity index (χ4n) is 3.98. The molecule has 2 aliphatic heterocycles. The number of nitrogens with zero attached hydrogens (tertiary/aromatic N) is 3. The van der Waals surface area contributed by atoms with Crippen LogP contribution in [0, 0.1) is 19.7 Å². The molecule has 1 aromatic carbocycles. The second-order valence-electron chi connectivity index (χ2n) is 8.10. The Hall–Kier alpha value is -2.75. The highest BCUT2D eigenvalue weighted by Crippen LogP contribution is 2.29. The van der Waals surface area contributed by atoms with Gasteiger partial charge in [-0.15, -0.1) is 0 Å². The SMILES string of the molecule is Cc1nc(C2=C(N)CN(C(=O)c3ccc(F)cc3O[C@@H]3CN[C@H](CO)C3)C2)nc(C)c1Cl. The van der Waals surface area contributed by atoms with Gasteiger partial charge >= 0.3 is 0 Å². The third-order valence-corrected chi connectivity index (χ3v) is 6.25. The Bertz CT molecular complexity index is 1070. The minimum absolute atomic E-state index is 0.0119. The second-order valence-corrected chi connectivity index (χ2v) is 8.48. The van der Waals surface area contributed by atoms with Crippen LogP contribution in [0.2, 0.25) is 5.02 Å². The number of carbonyl (C=O) groups is 1. The summed E-state index contributed by atoms with van der Waals surface area (Å²) >= 11 is 6.17. The normalized spacial score (nSPS) is 20.8. The van der Waals surface area contributed by atoms with Crippen LogP contribution in [0.1, 0.15) is 34.0 Å². The zero-order chi connectivity index (χ0) is 23.0. The van der Waals surface area contributed by atoms with Crippen molar-refractivity contribution in [1.29, 1.82) is 0 Å². The molecule has 1 fully saturated rings. The lowest BCUT2D eigenvalue weighted by atomic mass is 10.1. The quantitative estimate of drug-likeness (QED) is 0.622. The van der Waals surface area contributed by atoms with Crippen molar-refractivity contribution in [3.8, 4) is 5.75 Å². The molecule has 0 saturated carbocycles. The first-order chi connectivity index (χ1) is 15.3. The van der Waals surface area contributed by atoms with Gasteiger partial charge in [0.1, 0.15) is 17.7 Å². The van der Waals surface area contributed by atoms with Crippen molar-refractivity contribution in [2.75, 3.05) is 26.2 Å². The fourth-order valence-corrected chi connectivity index (χ4v) is 4.06. The van der Waals surface area contributed by atoms with Crippen molar-refractivity contribution in [2.45, 2.75) is 32.4 Å². The molecule has 32 heavy (non-hydrogen) atoms. The van der Waals surface area contributed by atoms with Crippen LogP contribution in [0.5, 0.6) is 5.75 Å². The first-order valence-corrected chi connectivity index (χ1v) is 10.7. The molecule has 3 heterocycles. The van der Waals surface area contributed by atoms with Gasteiger partial charge in [-0.1, -0.05) is 11.6 Å². The van der Waals surface area contributed by atoms with Gasteiger partial charge in [-0.2, -0.15) is 0 Å². The molecular weight excluding hydrogens is 437 g/mol. The fraction of sp³-hybridized carbons (Fsp3) is 0.409. The average Bonchev–Trinajstić information content (AvgIpc) is 3.37. The largest absolute Gasteiger partial charge is 0.488 e. The molecule has 0 radical (unpaired) electrons. The molecule has 1 aromatic heterocycles.